The van der Waals surface area contributed by atoms with Gasteiger partial charge >= 0.3 is 5.97 Å². The molecule has 0 radical (unpaired) electrons. The minimum atomic E-state index is -0.598. The molecule has 34 heavy (non-hydrogen) atoms. The van der Waals surface area contributed by atoms with Gasteiger partial charge in [-0.3, -0.25) is 9.36 Å². The second-order valence-electron chi connectivity index (χ2n) is 8.44. The van der Waals surface area contributed by atoms with E-state index in [-0.39, 0.29) is 12.2 Å². The number of carbonyl (C=O) groups excluding carboxylic acids is 1. The van der Waals surface area contributed by atoms with E-state index in [1.165, 1.54) is 17.8 Å². The van der Waals surface area contributed by atoms with Crippen molar-refractivity contribution in [3.63, 3.8) is 0 Å². The molecule has 2 aromatic heterocycles. The zero-order valence-corrected chi connectivity index (χ0v) is 20.1. The molecule has 1 aromatic carbocycles. The molecule has 0 aliphatic carbocycles. The van der Waals surface area contributed by atoms with Crippen molar-refractivity contribution in [1.82, 2.24) is 4.57 Å². The molecule has 5 rings (SSSR count). The third-order valence-corrected chi connectivity index (χ3v) is 7.17. The molecule has 0 spiro atoms. The molecule has 0 saturated carbocycles. The summed E-state index contributed by atoms with van der Waals surface area (Å²) < 4.78 is 13.5. The van der Waals surface area contributed by atoms with Crippen molar-refractivity contribution < 1.29 is 13.9 Å². The fourth-order valence-electron chi connectivity index (χ4n) is 4.58. The van der Waals surface area contributed by atoms with E-state index in [0.717, 1.165) is 37.4 Å². The molecule has 3 aromatic rings. The van der Waals surface area contributed by atoms with Gasteiger partial charge in [0.25, 0.3) is 5.56 Å². The number of piperidine rings is 1. The molecule has 1 unspecified atom stereocenters. The van der Waals surface area contributed by atoms with Gasteiger partial charge in [0.05, 0.1) is 28.5 Å². The Balaban J connectivity index is 1.60. The van der Waals surface area contributed by atoms with Gasteiger partial charge in [-0.05, 0) is 44.7 Å². The number of furan rings is 1. The number of allylic oxidation sites excluding steroid dienone is 1. The minimum absolute atomic E-state index is 0.206. The molecule has 2 aliphatic rings. The van der Waals surface area contributed by atoms with E-state index in [2.05, 4.69) is 9.89 Å². The smallest absolute Gasteiger partial charge is 0.338 e. The van der Waals surface area contributed by atoms with Crippen LogP contribution in [-0.2, 0) is 9.53 Å². The molecular weight excluding hydrogens is 450 g/mol. The highest BCUT2D eigenvalue weighted by Gasteiger charge is 2.33. The summed E-state index contributed by atoms with van der Waals surface area (Å²) >= 11 is 1.30. The van der Waals surface area contributed by atoms with Crippen LogP contribution in [0, 0.1) is 0 Å². The van der Waals surface area contributed by atoms with Crippen LogP contribution in [0.4, 0.5) is 5.88 Å². The lowest BCUT2D eigenvalue weighted by atomic mass is 9.96. The molecule has 0 N–H and O–H groups in total. The minimum Gasteiger partial charge on any atom is -0.463 e. The van der Waals surface area contributed by atoms with Crippen LogP contribution in [-0.4, -0.2) is 30.2 Å². The fraction of sp³-hybridized carbons (Fsp3) is 0.346. The first-order valence-corrected chi connectivity index (χ1v) is 12.5. The van der Waals surface area contributed by atoms with Crippen LogP contribution in [0.5, 0.6) is 0 Å². The zero-order chi connectivity index (χ0) is 23.7. The fourth-order valence-corrected chi connectivity index (χ4v) is 5.60. The number of fused-ring (bicyclic) bond motifs is 1. The van der Waals surface area contributed by atoms with Crippen LogP contribution in [0.3, 0.4) is 0 Å². The summed E-state index contributed by atoms with van der Waals surface area (Å²) in [6.07, 6.45) is 5.34. The third-order valence-electron chi connectivity index (χ3n) is 6.19. The van der Waals surface area contributed by atoms with Gasteiger partial charge < -0.3 is 14.1 Å². The Morgan fingerprint density at radius 3 is 2.68 bits per heavy atom. The van der Waals surface area contributed by atoms with E-state index < -0.39 is 12.0 Å². The topological polar surface area (TPSA) is 77.0 Å². The Morgan fingerprint density at radius 1 is 1.18 bits per heavy atom. The lowest BCUT2D eigenvalue weighted by molar-refractivity contribution is -0.139. The summed E-state index contributed by atoms with van der Waals surface area (Å²) in [6.45, 7) is 5.78. The van der Waals surface area contributed by atoms with E-state index in [1.54, 1.807) is 24.5 Å². The number of benzene rings is 1. The molecule has 1 atom stereocenters. The van der Waals surface area contributed by atoms with Gasteiger partial charge in [-0.15, -0.1) is 0 Å². The predicted octanol–water partition coefficient (Wildman–Crippen LogP) is 3.38. The number of ether oxygens (including phenoxy) is 1. The molecule has 4 heterocycles. The Labute approximate surface area is 201 Å². The Kier molecular flexibility index (Phi) is 6.24. The summed E-state index contributed by atoms with van der Waals surface area (Å²) in [5, 5.41) is 0. The third kappa shape index (κ3) is 4.14. The predicted molar refractivity (Wildman–Crippen MR) is 132 cm³/mol. The van der Waals surface area contributed by atoms with Crippen LogP contribution in [0.1, 0.15) is 50.5 Å². The number of esters is 1. The number of hydrogen-bond acceptors (Lipinski definition) is 7. The van der Waals surface area contributed by atoms with E-state index in [0.29, 0.717) is 26.4 Å². The highest BCUT2D eigenvalue weighted by Crippen LogP contribution is 2.30. The molecule has 176 valence electrons. The highest BCUT2D eigenvalue weighted by atomic mass is 32.1. The van der Waals surface area contributed by atoms with Gasteiger partial charge in [-0.2, -0.15) is 0 Å². The van der Waals surface area contributed by atoms with Crippen molar-refractivity contribution in [3.8, 4) is 0 Å². The van der Waals surface area contributed by atoms with E-state index >= 15 is 0 Å². The summed E-state index contributed by atoms with van der Waals surface area (Å²) in [7, 11) is 0. The lowest BCUT2D eigenvalue weighted by Crippen LogP contribution is -2.39. The average molecular weight is 478 g/mol. The lowest BCUT2D eigenvalue weighted by Gasteiger charge is -2.25. The number of hydrogen-bond donors (Lipinski definition) is 0. The van der Waals surface area contributed by atoms with Crippen LogP contribution < -0.4 is 19.8 Å². The normalized spacial score (nSPS) is 18.6. The van der Waals surface area contributed by atoms with Gasteiger partial charge in [0.1, 0.15) is 5.76 Å². The highest BCUT2D eigenvalue weighted by molar-refractivity contribution is 7.07. The van der Waals surface area contributed by atoms with Gasteiger partial charge in [-0.25, -0.2) is 9.79 Å². The van der Waals surface area contributed by atoms with E-state index in [4.69, 9.17) is 9.15 Å². The number of nitrogens with zero attached hydrogens (tertiary/aromatic N) is 3. The van der Waals surface area contributed by atoms with Crippen LogP contribution >= 0.6 is 11.3 Å². The van der Waals surface area contributed by atoms with Crippen LogP contribution in [0.25, 0.3) is 6.08 Å². The van der Waals surface area contributed by atoms with Crippen molar-refractivity contribution in [3.05, 3.63) is 84.7 Å². The SMILES string of the molecule is CCOC(=O)C1=C(C)N=c2s/c(=C\c3ccc(N4CCCCC4)o3)c(=O)n2C1c1ccccc1. The van der Waals surface area contributed by atoms with Crippen molar-refractivity contribution >= 4 is 29.3 Å². The monoisotopic (exact) mass is 477 g/mol. The number of anilines is 1. The van der Waals surface area contributed by atoms with E-state index in [1.807, 2.05) is 42.5 Å². The first-order chi connectivity index (χ1) is 16.6. The maximum atomic E-state index is 13.6. The Bertz CT molecular complexity index is 1410. The molecule has 7 nitrogen and oxygen atoms in total. The van der Waals surface area contributed by atoms with Gasteiger partial charge in [0, 0.05) is 25.2 Å². The molecule has 2 aliphatic heterocycles. The molecular formula is C26H27N3O4S. The van der Waals surface area contributed by atoms with Crippen molar-refractivity contribution in [2.75, 3.05) is 24.6 Å². The summed E-state index contributed by atoms with van der Waals surface area (Å²) in [6, 6.07) is 12.8. The second-order valence-corrected chi connectivity index (χ2v) is 9.45. The van der Waals surface area contributed by atoms with Crippen LogP contribution in [0.2, 0.25) is 0 Å². The van der Waals surface area contributed by atoms with Crippen molar-refractivity contribution in [2.24, 2.45) is 4.99 Å². The molecule has 1 saturated heterocycles. The van der Waals surface area contributed by atoms with Gasteiger partial charge in [0.15, 0.2) is 10.7 Å². The van der Waals surface area contributed by atoms with E-state index in [9.17, 15) is 9.59 Å². The summed E-state index contributed by atoms with van der Waals surface area (Å²) in [5.74, 6) is 1.01. The number of thiazole rings is 1. The van der Waals surface area contributed by atoms with Gasteiger partial charge in [0.2, 0.25) is 0 Å². The first kappa shape index (κ1) is 22.4. The van der Waals surface area contributed by atoms with Crippen molar-refractivity contribution in [1.29, 1.82) is 0 Å². The molecule has 0 bridgehead atoms. The maximum absolute atomic E-state index is 13.6. The number of rotatable bonds is 5. The van der Waals surface area contributed by atoms with Crippen LogP contribution in [0.15, 0.2) is 67.9 Å². The number of aromatic nitrogens is 1. The Hall–Kier alpha value is -3.39. The molecule has 0 amide bonds. The second kappa shape index (κ2) is 9.46. The average Bonchev–Trinajstić information content (AvgIpc) is 3.44. The largest absolute Gasteiger partial charge is 0.463 e. The number of carbonyl (C=O) groups is 1. The quantitative estimate of drug-likeness (QED) is 0.527. The molecule has 8 heteroatoms. The molecule has 1 fully saturated rings. The zero-order valence-electron chi connectivity index (χ0n) is 19.3. The van der Waals surface area contributed by atoms with Gasteiger partial charge in [-0.1, -0.05) is 41.7 Å². The standard InChI is InChI=1S/C26H27N3O4S/c1-3-32-25(31)22-17(2)27-26-29(23(22)18-10-6-4-7-11-18)24(30)20(34-26)16-19-12-13-21(33-19)28-14-8-5-9-15-28/h4,6-7,10-13,16,23H,3,5,8-9,14-15H2,1-2H3/b20-16-. The van der Waals surface area contributed by atoms with Crippen molar-refractivity contribution in [2.45, 2.75) is 39.2 Å². The maximum Gasteiger partial charge on any atom is 0.338 e. The Morgan fingerprint density at radius 2 is 1.94 bits per heavy atom. The first-order valence-electron chi connectivity index (χ1n) is 11.7. The summed E-state index contributed by atoms with van der Waals surface area (Å²) in [4.78, 5) is 33.9. The summed E-state index contributed by atoms with van der Waals surface area (Å²) in [5.41, 5.74) is 1.57.